The summed E-state index contributed by atoms with van der Waals surface area (Å²) in [6, 6.07) is 5.64. The Balaban J connectivity index is 1.69. The normalized spacial score (nSPS) is 22.5. The van der Waals surface area contributed by atoms with Crippen LogP contribution >= 0.6 is 23.4 Å². The van der Waals surface area contributed by atoms with Crippen LogP contribution in [0.2, 0.25) is 5.02 Å². The molecule has 7 heteroatoms. The first-order valence-electron chi connectivity index (χ1n) is 9.60. The van der Waals surface area contributed by atoms with Gasteiger partial charge in [-0.3, -0.25) is 19.5 Å². The van der Waals surface area contributed by atoms with Crippen molar-refractivity contribution >= 4 is 46.0 Å². The summed E-state index contributed by atoms with van der Waals surface area (Å²) in [5, 5.41) is 3.88. The highest BCUT2D eigenvalue weighted by Crippen LogP contribution is 2.35. The number of aliphatic imine (C=N–C) groups is 1. The molecule has 3 rings (SSSR count). The number of nitrogens with zero attached hydrogens (tertiary/aromatic N) is 2. The number of hydrogen-bond acceptors (Lipinski definition) is 4. The number of anilines is 1. The van der Waals surface area contributed by atoms with Crippen molar-refractivity contribution in [3.05, 3.63) is 28.8 Å². The average molecular weight is 408 g/mol. The van der Waals surface area contributed by atoms with Crippen LogP contribution in [0.15, 0.2) is 23.2 Å². The number of carbonyl (C=O) groups excluding carboxylic acids is 2. The van der Waals surface area contributed by atoms with Gasteiger partial charge in [-0.05, 0) is 44.4 Å². The minimum Gasteiger partial charge on any atom is -0.326 e. The second-order valence-electron chi connectivity index (χ2n) is 7.03. The van der Waals surface area contributed by atoms with Gasteiger partial charge < -0.3 is 5.32 Å². The van der Waals surface area contributed by atoms with E-state index in [4.69, 9.17) is 11.6 Å². The maximum Gasteiger partial charge on any atom is 0.242 e. The maximum atomic E-state index is 13.0. The third-order valence-corrected chi connectivity index (χ3v) is 6.71. The number of amidine groups is 1. The fraction of sp³-hybridized carbons (Fsp3) is 0.550. The number of carbonyl (C=O) groups is 2. The van der Waals surface area contributed by atoms with Crippen LogP contribution in [0.25, 0.3) is 0 Å². The van der Waals surface area contributed by atoms with E-state index >= 15 is 0 Å². The Kier molecular flexibility index (Phi) is 6.82. The van der Waals surface area contributed by atoms with E-state index in [9.17, 15) is 9.59 Å². The van der Waals surface area contributed by atoms with E-state index in [0.717, 1.165) is 36.4 Å². The molecule has 1 saturated heterocycles. The van der Waals surface area contributed by atoms with Crippen molar-refractivity contribution in [1.29, 1.82) is 0 Å². The van der Waals surface area contributed by atoms with E-state index in [0.29, 0.717) is 17.3 Å². The van der Waals surface area contributed by atoms with Gasteiger partial charge in [-0.1, -0.05) is 48.7 Å². The number of hydrogen-bond donors (Lipinski definition) is 1. The topological polar surface area (TPSA) is 61.8 Å². The molecule has 0 aromatic heterocycles. The zero-order valence-corrected chi connectivity index (χ0v) is 17.4. The standard InChI is InChI=1S/C20H26ClN3O2S/c1-3-22-20-24(14-8-5-4-6-9-14)19(26)17(27-20)12-18(25)23-16-11-7-10-15(21)13(16)2/h7,10-11,14,17H,3-6,8-9,12H2,1-2H3,(H,23,25). The van der Waals surface area contributed by atoms with Crippen LogP contribution in [0.3, 0.4) is 0 Å². The van der Waals surface area contributed by atoms with Crippen LogP contribution in [0.1, 0.15) is 51.0 Å². The molecule has 1 aliphatic carbocycles. The smallest absolute Gasteiger partial charge is 0.242 e. The second kappa shape index (κ2) is 9.11. The molecule has 1 unspecified atom stereocenters. The van der Waals surface area contributed by atoms with E-state index in [-0.39, 0.29) is 24.3 Å². The molecule has 1 aromatic carbocycles. The lowest BCUT2D eigenvalue weighted by atomic mass is 9.94. The molecule has 0 spiro atoms. The van der Waals surface area contributed by atoms with E-state index in [1.165, 1.54) is 18.2 Å². The average Bonchev–Trinajstić information content (AvgIpc) is 2.95. The van der Waals surface area contributed by atoms with Crippen molar-refractivity contribution in [3.8, 4) is 0 Å². The fourth-order valence-electron chi connectivity index (χ4n) is 3.65. The predicted octanol–water partition coefficient (Wildman–Crippen LogP) is 4.63. The van der Waals surface area contributed by atoms with Gasteiger partial charge in [-0.25, -0.2) is 0 Å². The molecule has 0 radical (unpaired) electrons. The van der Waals surface area contributed by atoms with Crippen molar-refractivity contribution in [1.82, 2.24) is 4.90 Å². The van der Waals surface area contributed by atoms with Gasteiger partial charge in [0.1, 0.15) is 5.25 Å². The quantitative estimate of drug-likeness (QED) is 0.773. The molecule has 1 saturated carbocycles. The molecule has 1 aliphatic heterocycles. The summed E-state index contributed by atoms with van der Waals surface area (Å²) in [7, 11) is 0. The van der Waals surface area contributed by atoms with Crippen LogP contribution in [0, 0.1) is 6.92 Å². The van der Waals surface area contributed by atoms with Gasteiger partial charge in [-0.15, -0.1) is 0 Å². The van der Waals surface area contributed by atoms with Crippen LogP contribution in [0.4, 0.5) is 5.69 Å². The molecular formula is C20H26ClN3O2S. The molecule has 2 fully saturated rings. The number of rotatable bonds is 5. The molecule has 5 nitrogen and oxygen atoms in total. The number of nitrogens with one attached hydrogen (secondary N) is 1. The first-order chi connectivity index (χ1) is 13.0. The molecule has 1 heterocycles. The van der Waals surface area contributed by atoms with Crippen molar-refractivity contribution in [2.45, 2.75) is 63.7 Å². The van der Waals surface area contributed by atoms with E-state index < -0.39 is 5.25 Å². The Hall–Kier alpha value is -1.53. The summed E-state index contributed by atoms with van der Waals surface area (Å²) in [6.07, 6.45) is 5.72. The van der Waals surface area contributed by atoms with Crippen molar-refractivity contribution < 1.29 is 9.59 Å². The minimum absolute atomic E-state index is 0.0251. The van der Waals surface area contributed by atoms with Crippen LogP contribution in [-0.4, -0.2) is 39.7 Å². The Morgan fingerprint density at radius 1 is 1.33 bits per heavy atom. The van der Waals surface area contributed by atoms with Crippen LogP contribution < -0.4 is 5.32 Å². The number of amides is 2. The van der Waals surface area contributed by atoms with Gasteiger partial charge in [0.2, 0.25) is 11.8 Å². The van der Waals surface area contributed by atoms with Crippen molar-refractivity contribution in [2.75, 3.05) is 11.9 Å². The van der Waals surface area contributed by atoms with E-state index in [2.05, 4.69) is 10.3 Å². The first kappa shape index (κ1) is 20.2. The van der Waals surface area contributed by atoms with E-state index in [1.807, 2.05) is 24.8 Å². The van der Waals surface area contributed by atoms with Crippen molar-refractivity contribution in [2.24, 2.45) is 4.99 Å². The van der Waals surface area contributed by atoms with Gasteiger partial charge in [0.25, 0.3) is 0 Å². The lowest BCUT2D eigenvalue weighted by Gasteiger charge is -2.30. The van der Waals surface area contributed by atoms with Crippen LogP contribution in [-0.2, 0) is 9.59 Å². The van der Waals surface area contributed by atoms with Crippen molar-refractivity contribution in [3.63, 3.8) is 0 Å². The largest absolute Gasteiger partial charge is 0.326 e. The zero-order chi connectivity index (χ0) is 19.4. The highest BCUT2D eigenvalue weighted by Gasteiger charge is 2.42. The summed E-state index contributed by atoms with van der Waals surface area (Å²) < 4.78 is 0. The SMILES string of the molecule is CCN=C1SC(CC(=O)Nc2cccc(Cl)c2C)C(=O)N1C1CCCCC1. The molecular weight excluding hydrogens is 382 g/mol. The number of thioether (sulfide) groups is 1. The summed E-state index contributed by atoms with van der Waals surface area (Å²) in [4.78, 5) is 32.0. The predicted molar refractivity (Wildman–Crippen MR) is 113 cm³/mol. The lowest BCUT2D eigenvalue weighted by molar-refractivity contribution is -0.130. The summed E-state index contributed by atoms with van der Waals surface area (Å²) in [5.74, 6) is -0.148. The molecule has 2 aliphatic rings. The number of benzene rings is 1. The third kappa shape index (κ3) is 4.66. The van der Waals surface area contributed by atoms with Gasteiger partial charge in [0.15, 0.2) is 5.17 Å². The fourth-order valence-corrected chi connectivity index (χ4v) is 5.08. The molecule has 1 N–H and O–H groups in total. The molecule has 1 atom stereocenters. The zero-order valence-electron chi connectivity index (χ0n) is 15.8. The second-order valence-corrected chi connectivity index (χ2v) is 8.61. The Morgan fingerprint density at radius 3 is 2.78 bits per heavy atom. The highest BCUT2D eigenvalue weighted by molar-refractivity contribution is 8.15. The summed E-state index contributed by atoms with van der Waals surface area (Å²) >= 11 is 7.55. The monoisotopic (exact) mass is 407 g/mol. The lowest BCUT2D eigenvalue weighted by Crippen LogP contribution is -2.42. The first-order valence-corrected chi connectivity index (χ1v) is 10.9. The molecule has 146 valence electrons. The highest BCUT2D eigenvalue weighted by atomic mass is 35.5. The van der Waals surface area contributed by atoms with Gasteiger partial charge >= 0.3 is 0 Å². The minimum atomic E-state index is -0.406. The molecule has 0 bridgehead atoms. The van der Waals surface area contributed by atoms with Gasteiger partial charge in [0, 0.05) is 29.7 Å². The van der Waals surface area contributed by atoms with Crippen LogP contribution in [0.5, 0.6) is 0 Å². The maximum absolute atomic E-state index is 13.0. The Bertz CT molecular complexity index is 747. The van der Waals surface area contributed by atoms with Gasteiger partial charge in [0.05, 0.1) is 0 Å². The Morgan fingerprint density at radius 2 is 2.07 bits per heavy atom. The number of halogens is 1. The molecule has 1 aromatic rings. The van der Waals surface area contributed by atoms with Gasteiger partial charge in [-0.2, -0.15) is 0 Å². The Labute approximate surface area is 169 Å². The molecule has 27 heavy (non-hydrogen) atoms. The summed E-state index contributed by atoms with van der Waals surface area (Å²) in [6.45, 7) is 4.47. The summed E-state index contributed by atoms with van der Waals surface area (Å²) in [5.41, 5.74) is 1.52. The third-order valence-electron chi connectivity index (χ3n) is 5.11. The molecule has 2 amide bonds. The van der Waals surface area contributed by atoms with E-state index in [1.54, 1.807) is 12.1 Å².